The molecule has 0 spiro atoms. The van der Waals surface area contributed by atoms with Crippen LogP contribution < -0.4 is 0 Å². The SMILES string of the molecule is N#CCCOCC1OC(=O)OC1COCCC#N. The van der Waals surface area contributed by atoms with Gasteiger partial charge in [0.2, 0.25) is 0 Å². The monoisotopic (exact) mass is 254 g/mol. The third kappa shape index (κ3) is 5.00. The van der Waals surface area contributed by atoms with Crippen molar-refractivity contribution in [1.82, 2.24) is 0 Å². The summed E-state index contributed by atoms with van der Waals surface area (Å²) < 4.78 is 20.1. The van der Waals surface area contributed by atoms with E-state index in [0.717, 1.165) is 0 Å². The van der Waals surface area contributed by atoms with Crippen molar-refractivity contribution in [3.05, 3.63) is 0 Å². The zero-order valence-corrected chi connectivity index (χ0v) is 9.83. The summed E-state index contributed by atoms with van der Waals surface area (Å²) in [7, 11) is 0. The molecule has 98 valence electrons. The first-order valence-corrected chi connectivity index (χ1v) is 5.54. The van der Waals surface area contributed by atoms with Crippen LogP contribution in [0.25, 0.3) is 0 Å². The summed E-state index contributed by atoms with van der Waals surface area (Å²) in [5.74, 6) is 0. The number of rotatable bonds is 8. The van der Waals surface area contributed by atoms with Crippen LogP contribution in [0.2, 0.25) is 0 Å². The lowest BCUT2D eigenvalue weighted by Crippen LogP contribution is -2.32. The van der Waals surface area contributed by atoms with Crippen LogP contribution in [-0.2, 0) is 18.9 Å². The smallest absolute Gasteiger partial charge is 0.424 e. The number of nitriles is 2. The van der Waals surface area contributed by atoms with Crippen molar-refractivity contribution >= 4 is 6.16 Å². The van der Waals surface area contributed by atoms with Gasteiger partial charge in [-0.3, -0.25) is 0 Å². The predicted molar refractivity (Wildman–Crippen MR) is 57.2 cm³/mol. The minimum atomic E-state index is -0.752. The number of cyclic esters (lactones) is 2. The fraction of sp³-hybridized carbons (Fsp3) is 0.727. The lowest BCUT2D eigenvalue weighted by molar-refractivity contribution is -0.00189. The molecule has 0 N–H and O–H groups in total. The largest absolute Gasteiger partial charge is 0.509 e. The Labute approximate surface area is 105 Å². The van der Waals surface area contributed by atoms with E-state index in [2.05, 4.69) is 0 Å². The summed E-state index contributed by atoms with van der Waals surface area (Å²) >= 11 is 0. The highest BCUT2D eigenvalue weighted by Crippen LogP contribution is 2.16. The van der Waals surface area contributed by atoms with Gasteiger partial charge in [-0.1, -0.05) is 0 Å². The Bertz CT molecular complexity index is 314. The van der Waals surface area contributed by atoms with Gasteiger partial charge in [0.25, 0.3) is 0 Å². The Balaban J connectivity index is 2.24. The Morgan fingerprint density at radius 3 is 1.83 bits per heavy atom. The molecular weight excluding hydrogens is 240 g/mol. The molecule has 0 aromatic rings. The van der Waals surface area contributed by atoms with E-state index in [4.69, 9.17) is 29.5 Å². The van der Waals surface area contributed by atoms with Crippen LogP contribution in [0.4, 0.5) is 4.79 Å². The number of hydrogen-bond acceptors (Lipinski definition) is 7. The lowest BCUT2D eigenvalue weighted by Gasteiger charge is -2.14. The van der Waals surface area contributed by atoms with Gasteiger partial charge in [0, 0.05) is 0 Å². The van der Waals surface area contributed by atoms with Gasteiger partial charge in [-0.15, -0.1) is 0 Å². The van der Waals surface area contributed by atoms with Gasteiger partial charge < -0.3 is 18.9 Å². The molecule has 7 heteroatoms. The maximum absolute atomic E-state index is 11.0. The molecule has 0 amide bonds. The van der Waals surface area contributed by atoms with Crippen LogP contribution in [0.3, 0.4) is 0 Å². The average Bonchev–Trinajstić information content (AvgIpc) is 2.71. The summed E-state index contributed by atoms with van der Waals surface area (Å²) in [5, 5.41) is 16.7. The molecule has 1 heterocycles. The zero-order valence-electron chi connectivity index (χ0n) is 9.83. The third-order valence-electron chi connectivity index (χ3n) is 2.19. The van der Waals surface area contributed by atoms with E-state index in [-0.39, 0.29) is 39.3 Å². The maximum Gasteiger partial charge on any atom is 0.509 e. The zero-order chi connectivity index (χ0) is 13.2. The molecule has 0 aromatic heterocycles. The first-order chi connectivity index (χ1) is 8.77. The summed E-state index contributed by atoms with van der Waals surface area (Å²) in [5.41, 5.74) is 0. The van der Waals surface area contributed by atoms with Crippen molar-refractivity contribution in [1.29, 1.82) is 10.5 Å². The van der Waals surface area contributed by atoms with Gasteiger partial charge in [-0.05, 0) is 0 Å². The van der Waals surface area contributed by atoms with Crippen molar-refractivity contribution in [3.8, 4) is 12.1 Å². The number of hydrogen-bond donors (Lipinski definition) is 0. The lowest BCUT2D eigenvalue weighted by atomic mass is 10.2. The van der Waals surface area contributed by atoms with E-state index in [9.17, 15) is 4.79 Å². The highest BCUT2D eigenvalue weighted by molar-refractivity contribution is 5.62. The van der Waals surface area contributed by atoms with Crippen LogP contribution in [0.5, 0.6) is 0 Å². The fourth-order valence-electron chi connectivity index (χ4n) is 1.34. The van der Waals surface area contributed by atoms with E-state index in [1.165, 1.54) is 0 Å². The molecule has 0 aliphatic carbocycles. The Hall–Kier alpha value is -1.83. The summed E-state index contributed by atoms with van der Waals surface area (Å²) in [6.07, 6.45) is -1.25. The summed E-state index contributed by atoms with van der Waals surface area (Å²) in [4.78, 5) is 11.0. The first-order valence-electron chi connectivity index (χ1n) is 5.54. The highest BCUT2D eigenvalue weighted by Gasteiger charge is 2.36. The predicted octanol–water partition coefficient (Wildman–Crippen LogP) is 0.751. The second kappa shape index (κ2) is 8.29. The molecule has 2 atom stereocenters. The second-order valence-corrected chi connectivity index (χ2v) is 3.53. The quantitative estimate of drug-likeness (QED) is 0.465. The van der Waals surface area contributed by atoms with Gasteiger partial charge in [0.15, 0.2) is 12.2 Å². The van der Waals surface area contributed by atoms with Crippen LogP contribution in [0.1, 0.15) is 12.8 Å². The van der Waals surface area contributed by atoms with Crippen LogP contribution in [-0.4, -0.2) is 44.8 Å². The molecule has 7 nitrogen and oxygen atoms in total. The first kappa shape index (κ1) is 14.2. The average molecular weight is 254 g/mol. The Morgan fingerprint density at radius 2 is 1.44 bits per heavy atom. The van der Waals surface area contributed by atoms with Gasteiger partial charge in [0.1, 0.15) is 0 Å². The fourth-order valence-corrected chi connectivity index (χ4v) is 1.34. The van der Waals surface area contributed by atoms with Crippen molar-refractivity contribution in [2.75, 3.05) is 26.4 Å². The number of carbonyl (C=O) groups excluding carboxylic acids is 1. The standard InChI is InChI=1S/C11H14N2O5/c12-3-1-5-15-7-9-10(18-11(14)17-9)8-16-6-2-4-13/h9-10H,1-2,5-8H2. The van der Waals surface area contributed by atoms with Crippen LogP contribution in [0, 0.1) is 22.7 Å². The van der Waals surface area contributed by atoms with Crippen molar-refractivity contribution < 1.29 is 23.7 Å². The minimum Gasteiger partial charge on any atom is -0.424 e. The third-order valence-corrected chi connectivity index (χ3v) is 2.19. The molecule has 0 saturated carbocycles. The van der Waals surface area contributed by atoms with Gasteiger partial charge in [-0.25, -0.2) is 4.79 Å². The molecule has 1 aliphatic rings. The number of nitrogens with zero attached hydrogens (tertiary/aromatic N) is 2. The Morgan fingerprint density at radius 1 is 1.00 bits per heavy atom. The number of carbonyl (C=O) groups is 1. The topological polar surface area (TPSA) is 102 Å². The highest BCUT2D eigenvalue weighted by atomic mass is 16.8. The van der Waals surface area contributed by atoms with Crippen molar-refractivity contribution in [2.24, 2.45) is 0 Å². The van der Waals surface area contributed by atoms with Crippen LogP contribution >= 0.6 is 0 Å². The molecule has 1 rings (SSSR count). The summed E-state index contributed by atoms with van der Waals surface area (Å²) in [6.45, 7) is 0.901. The molecule has 18 heavy (non-hydrogen) atoms. The van der Waals surface area contributed by atoms with E-state index < -0.39 is 18.4 Å². The van der Waals surface area contributed by atoms with Crippen molar-refractivity contribution in [2.45, 2.75) is 25.0 Å². The van der Waals surface area contributed by atoms with Gasteiger partial charge in [-0.2, -0.15) is 10.5 Å². The van der Waals surface area contributed by atoms with E-state index >= 15 is 0 Å². The molecule has 2 unspecified atom stereocenters. The summed E-state index contributed by atoms with van der Waals surface area (Å²) in [6, 6.07) is 3.88. The molecule has 1 saturated heterocycles. The second-order valence-electron chi connectivity index (χ2n) is 3.53. The van der Waals surface area contributed by atoms with E-state index in [0.29, 0.717) is 0 Å². The van der Waals surface area contributed by atoms with E-state index in [1.807, 2.05) is 12.1 Å². The van der Waals surface area contributed by atoms with Gasteiger partial charge >= 0.3 is 6.16 Å². The van der Waals surface area contributed by atoms with Crippen LogP contribution in [0.15, 0.2) is 0 Å². The van der Waals surface area contributed by atoms with Crippen molar-refractivity contribution in [3.63, 3.8) is 0 Å². The maximum atomic E-state index is 11.0. The van der Waals surface area contributed by atoms with E-state index in [1.54, 1.807) is 0 Å². The number of ether oxygens (including phenoxy) is 4. The Kier molecular flexibility index (Phi) is 6.55. The molecular formula is C11H14N2O5. The molecule has 1 fully saturated rings. The normalized spacial score (nSPS) is 21.8. The molecule has 1 aliphatic heterocycles. The minimum absolute atomic E-state index is 0.166. The molecule has 0 radical (unpaired) electrons. The molecule has 0 aromatic carbocycles. The van der Waals surface area contributed by atoms with Gasteiger partial charge in [0.05, 0.1) is 51.4 Å². The molecule has 0 bridgehead atoms.